The maximum absolute atomic E-state index is 9.96. The predicted molar refractivity (Wildman–Crippen MR) is 42.4 cm³/mol. The monoisotopic (exact) mass is 148 g/mol. The van der Waals surface area contributed by atoms with Gasteiger partial charge in [0.05, 0.1) is 0 Å². The van der Waals surface area contributed by atoms with Crippen molar-refractivity contribution in [3.8, 4) is 0 Å². The minimum absolute atomic E-state index is 0. The molecule has 3 nitrogen and oxygen atoms in total. The molecule has 3 heteroatoms. The highest BCUT2D eigenvalue weighted by Crippen LogP contribution is 2.01. The second-order valence-electron chi connectivity index (χ2n) is 2.20. The molecule has 0 aromatic rings. The topological polar surface area (TPSA) is 73.8 Å². The molecule has 0 saturated carbocycles. The summed E-state index contributed by atoms with van der Waals surface area (Å²) < 4.78 is 0. The summed E-state index contributed by atoms with van der Waals surface area (Å²) in [6.45, 7) is 2.11. The van der Waals surface area contributed by atoms with Gasteiger partial charge < -0.3 is 11.3 Å². The average molecular weight is 148 g/mol. The van der Waals surface area contributed by atoms with E-state index < -0.39 is 5.97 Å². The van der Waals surface area contributed by atoms with Gasteiger partial charge in [-0.2, -0.15) is 0 Å². The Morgan fingerprint density at radius 2 is 1.90 bits per heavy atom. The first-order valence-electron chi connectivity index (χ1n) is 3.49. The van der Waals surface area contributed by atoms with Crippen LogP contribution in [0.1, 0.15) is 39.0 Å². The lowest BCUT2D eigenvalue weighted by atomic mass is 10.2. The molecule has 0 atom stereocenters. The zero-order chi connectivity index (χ0) is 7.11. The van der Waals surface area contributed by atoms with E-state index in [2.05, 4.69) is 6.92 Å². The molecule has 0 rings (SSSR count). The van der Waals surface area contributed by atoms with Gasteiger partial charge in [-0.1, -0.05) is 26.2 Å². The molecule has 0 unspecified atom stereocenters. The lowest BCUT2D eigenvalue weighted by molar-refractivity contribution is -0.137. The third-order valence-corrected chi connectivity index (χ3v) is 1.24. The molecule has 62 valence electrons. The van der Waals surface area contributed by atoms with Crippen LogP contribution in [0.15, 0.2) is 0 Å². The highest BCUT2D eigenvalue weighted by Gasteiger charge is 1.93. The van der Waals surface area contributed by atoms with E-state index >= 15 is 0 Å². The number of hydrogen-bond donors (Lipinski definition) is 2. The molecule has 0 radical (unpaired) electrons. The van der Waals surface area contributed by atoms with E-state index in [-0.39, 0.29) is 6.15 Å². The summed E-state index contributed by atoms with van der Waals surface area (Å²) in [5.74, 6) is -0.675. The van der Waals surface area contributed by atoms with Gasteiger partial charge in [-0.25, -0.2) is 0 Å². The smallest absolute Gasteiger partial charge is 0.303 e. The molecule has 10 heavy (non-hydrogen) atoms. The zero-order valence-electron chi connectivity index (χ0n) is 6.89. The highest BCUT2D eigenvalue weighted by atomic mass is 16.4. The Kier molecular flexibility index (Phi) is 10.2. The molecule has 0 bridgehead atoms. The molecular formula is C7H18NO2+. The fraction of sp³-hybridized carbons (Fsp3) is 0.857. The molecule has 0 aromatic heterocycles. The Hall–Kier alpha value is -0.570. The molecule has 0 aliphatic carbocycles. The van der Waals surface area contributed by atoms with E-state index in [0.717, 1.165) is 19.3 Å². The normalized spacial score (nSPS) is 8.50. The molecule has 0 heterocycles. The van der Waals surface area contributed by atoms with Crippen molar-refractivity contribution in [1.82, 2.24) is 6.15 Å². The molecule has 0 aliphatic rings. The van der Waals surface area contributed by atoms with Crippen LogP contribution in [0.5, 0.6) is 0 Å². The van der Waals surface area contributed by atoms with Crippen LogP contribution < -0.4 is 6.15 Å². The van der Waals surface area contributed by atoms with Crippen LogP contribution in [0, 0.1) is 0 Å². The Labute approximate surface area is 62.0 Å². The van der Waals surface area contributed by atoms with E-state index in [1.165, 1.54) is 6.42 Å². The first-order valence-corrected chi connectivity index (χ1v) is 3.49. The summed E-state index contributed by atoms with van der Waals surface area (Å²) in [6.07, 6.45) is 4.55. The van der Waals surface area contributed by atoms with Crippen LogP contribution in [-0.4, -0.2) is 11.1 Å². The lowest BCUT2D eigenvalue weighted by Gasteiger charge is -1.92. The third-order valence-electron chi connectivity index (χ3n) is 1.24. The van der Waals surface area contributed by atoms with Crippen molar-refractivity contribution in [2.45, 2.75) is 39.0 Å². The van der Waals surface area contributed by atoms with Crippen LogP contribution in [-0.2, 0) is 4.79 Å². The minimum Gasteiger partial charge on any atom is -0.481 e. The van der Waals surface area contributed by atoms with Crippen molar-refractivity contribution >= 4 is 5.97 Å². The van der Waals surface area contributed by atoms with Crippen molar-refractivity contribution in [3.63, 3.8) is 0 Å². The SMILES string of the molecule is CCCCCCC(=O)O.[NH4+]. The summed E-state index contributed by atoms with van der Waals surface area (Å²) in [5, 5.41) is 8.21. The van der Waals surface area contributed by atoms with Gasteiger partial charge in [-0.15, -0.1) is 0 Å². The van der Waals surface area contributed by atoms with Crippen molar-refractivity contribution in [2.75, 3.05) is 0 Å². The van der Waals surface area contributed by atoms with Crippen molar-refractivity contribution in [3.05, 3.63) is 0 Å². The maximum atomic E-state index is 9.96. The number of rotatable bonds is 5. The quantitative estimate of drug-likeness (QED) is 0.587. The summed E-state index contributed by atoms with van der Waals surface area (Å²) >= 11 is 0. The fourth-order valence-electron chi connectivity index (χ4n) is 0.703. The molecule has 0 aromatic carbocycles. The molecule has 0 amide bonds. The summed E-state index contributed by atoms with van der Waals surface area (Å²) in [6, 6.07) is 0. The Balaban J connectivity index is 0. The molecular weight excluding hydrogens is 130 g/mol. The van der Waals surface area contributed by atoms with Crippen molar-refractivity contribution < 1.29 is 9.90 Å². The number of unbranched alkanes of at least 4 members (excludes halogenated alkanes) is 3. The lowest BCUT2D eigenvalue weighted by Crippen LogP contribution is -1.92. The van der Waals surface area contributed by atoms with Gasteiger partial charge >= 0.3 is 5.97 Å². The van der Waals surface area contributed by atoms with Crippen LogP contribution >= 0.6 is 0 Å². The number of aliphatic carboxylic acids is 1. The van der Waals surface area contributed by atoms with Crippen LogP contribution in [0.4, 0.5) is 0 Å². The van der Waals surface area contributed by atoms with Crippen molar-refractivity contribution in [1.29, 1.82) is 0 Å². The highest BCUT2D eigenvalue weighted by molar-refractivity contribution is 5.66. The van der Waals surface area contributed by atoms with Crippen LogP contribution in [0.3, 0.4) is 0 Å². The average Bonchev–Trinajstić information content (AvgIpc) is 1.80. The first kappa shape index (κ1) is 12.1. The summed E-state index contributed by atoms with van der Waals surface area (Å²) in [4.78, 5) is 9.96. The first-order chi connectivity index (χ1) is 4.27. The third kappa shape index (κ3) is 10.4. The van der Waals surface area contributed by atoms with Crippen LogP contribution in [0.25, 0.3) is 0 Å². The number of quaternary nitrogens is 1. The Bertz CT molecular complexity index is 83.7. The molecule has 0 fully saturated rings. The van der Waals surface area contributed by atoms with Gasteiger partial charge in [0, 0.05) is 6.42 Å². The molecule has 5 N–H and O–H groups in total. The van der Waals surface area contributed by atoms with Gasteiger partial charge in [-0.3, -0.25) is 4.79 Å². The van der Waals surface area contributed by atoms with E-state index in [4.69, 9.17) is 5.11 Å². The van der Waals surface area contributed by atoms with E-state index in [0.29, 0.717) is 6.42 Å². The second-order valence-corrected chi connectivity index (χ2v) is 2.20. The number of carboxylic acid groups (broad SMARTS) is 1. The van der Waals surface area contributed by atoms with E-state index in [1.807, 2.05) is 0 Å². The Morgan fingerprint density at radius 1 is 1.30 bits per heavy atom. The fourth-order valence-corrected chi connectivity index (χ4v) is 0.703. The number of hydrogen-bond acceptors (Lipinski definition) is 1. The largest absolute Gasteiger partial charge is 0.481 e. The second kappa shape index (κ2) is 8.43. The van der Waals surface area contributed by atoms with Gasteiger partial charge in [0.1, 0.15) is 0 Å². The minimum atomic E-state index is -0.675. The van der Waals surface area contributed by atoms with Gasteiger partial charge in [0.25, 0.3) is 0 Å². The maximum Gasteiger partial charge on any atom is 0.303 e. The van der Waals surface area contributed by atoms with Crippen molar-refractivity contribution in [2.24, 2.45) is 0 Å². The van der Waals surface area contributed by atoms with Gasteiger partial charge in [0.2, 0.25) is 0 Å². The number of carbonyl (C=O) groups is 1. The molecule has 0 aliphatic heterocycles. The molecule has 0 saturated heterocycles. The van der Waals surface area contributed by atoms with Crippen LogP contribution in [0.2, 0.25) is 0 Å². The molecule has 0 spiro atoms. The summed E-state index contributed by atoms with van der Waals surface area (Å²) in [5.41, 5.74) is 0. The van der Waals surface area contributed by atoms with E-state index in [9.17, 15) is 4.79 Å². The predicted octanol–water partition coefficient (Wildman–Crippen LogP) is 2.42. The summed E-state index contributed by atoms with van der Waals surface area (Å²) in [7, 11) is 0. The van der Waals surface area contributed by atoms with Gasteiger partial charge in [0.15, 0.2) is 0 Å². The van der Waals surface area contributed by atoms with E-state index in [1.54, 1.807) is 0 Å². The van der Waals surface area contributed by atoms with Gasteiger partial charge in [-0.05, 0) is 6.42 Å². The standard InChI is InChI=1S/C7H14O2.H3N/c1-2-3-4-5-6-7(8)9;/h2-6H2,1H3,(H,8,9);1H3/p+1. The number of carboxylic acids is 1. The zero-order valence-corrected chi connectivity index (χ0v) is 6.89. The Morgan fingerprint density at radius 3 is 2.30 bits per heavy atom.